The molecule has 2 nitrogen and oxygen atoms in total. The first kappa shape index (κ1) is 9.97. The third-order valence-electron chi connectivity index (χ3n) is 2.82. The Bertz CT molecular complexity index is 515. The molecule has 0 amide bonds. The van der Waals surface area contributed by atoms with Crippen molar-refractivity contribution in [2.45, 2.75) is 20.8 Å². The van der Waals surface area contributed by atoms with E-state index in [-0.39, 0.29) is 0 Å². The fourth-order valence-electron chi connectivity index (χ4n) is 2.00. The summed E-state index contributed by atoms with van der Waals surface area (Å²) in [7, 11) is 1.90. The molecule has 0 atom stereocenters. The van der Waals surface area contributed by atoms with Crippen molar-refractivity contribution in [2.75, 3.05) is 12.4 Å². The molecule has 2 rings (SSSR count). The average Bonchev–Trinajstić information content (AvgIpc) is 2.23. The van der Waals surface area contributed by atoms with Gasteiger partial charge in [0, 0.05) is 12.4 Å². The zero-order valence-electron chi connectivity index (χ0n) is 9.68. The molecule has 0 saturated heterocycles. The van der Waals surface area contributed by atoms with Crippen LogP contribution in [0.3, 0.4) is 0 Å². The predicted molar refractivity (Wildman–Crippen MR) is 65.5 cm³/mol. The Balaban J connectivity index is 2.90. The normalized spacial score (nSPS) is 10.7. The lowest BCUT2D eigenvalue weighted by Crippen LogP contribution is -1.96. The molecule has 0 aliphatic heterocycles. The van der Waals surface area contributed by atoms with Crippen LogP contribution in [0.15, 0.2) is 18.2 Å². The van der Waals surface area contributed by atoms with Crippen LogP contribution in [-0.2, 0) is 0 Å². The van der Waals surface area contributed by atoms with Crippen LogP contribution in [0.2, 0.25) is 0 Å². The summed E-state index contributed by atoms with van der Waals surface area (Å²) in [5.74, 6) is 0.939. The largest absolute Gasteiger partial charge is 0.373 e. The number of benzene rings is 1. The zero-order valence-corrected chi connectivity index (χ0v) is 9.68. The maximum atomic E-state index is 4.60. The highest BCUT2D eigenvalue weighted by molar-refractivity contribution is 5.89. The first-order valence-corrected chi connectivity index (χ1v) is 5.19. The Morgan fingerprint density at radius 2 is 1.67 bits per heavy atom. The second-order valence-electron chi connectivity index (χ2n) is 4.00. The molecule has 0 spiro atoms. The summed E-state index contributed by atoms with van der Waals surface area (Å²) < 4.78 is 0. The third kappa shape index (κ3) is 1.56. The number of rotatable bonds is 1. The number of hydrogen-bond acceptors (Lipinski definition) is 2. The Labute approximate surface area is 90.3 Å². The maximum Gasteiger partial charge on any atom is 0.126 e. The van der Waals surface area contributed by atoms with E-state index in [1.165, 1.54) is 22.1 Å². The summed E-state index contributed by atoms with van der Waals surface area (Å²) in [5, 5.41) is 4.38. The molecule has 0 bridgehead atoms. The van der Waals surface area contributed by atoms with Gasteiger partial charge in [-0.3, -0.25) is 0 Å². The van der Waals surface area contributed by atoms with Crippen LogP contribution in [0.5, 0.6) is 0 Å². The molecular weight excluding hydrogens is 184 g/mol. The van der Waals surface area contributed by atoms with E-state index in [1.54, 1.807) is 0 Å². The van der Waals surface area contributed by atoms with Crippen LogP contribution < -0.4 is 5.32 Å². The molecule has 0 unspecified atom stereocenters. The Kier molecular flexibility index (Phi) is 2.35. The van der Waals surface area contributed by atoms with E-state index in [2.05, 4.69) is 49.3 Å². The molecule has 1 aromatic carbocycles. The van der Waals surface area contributed by atoms with Crippen molar-refractivity contribution < 1.29 is 0 Å². The van der Waals surface area contributed by atoms with Crippen LogP contribution in [0, 0.1) is 20.8 Å². The van der Waals surface area contributed by atoms with Crippen molar-refractivity contribution in [1.29, 1.82) is 0 Å². The lowest BCUT2D eigenvalue weighted by Gasteiger charge is -2.10. The third-order valence-corrected chi connectivity index (χ3v) is 2.82. The van der Waals surface area contributed by atoms with Crippen molar-refractivity contribution in [3.8, 4) is 0 Å². The highest BCUT2D eigenvalue weighted by atomic mass is 15.0. The lowest BCUT2D eigenvalue weighted by atomic mass is 10.0. The van der Waals surface area contributed by atoms with Gasteiger partial charge in [0.1, 0.15) is 5.82 Å². The van der Waals surface area contributed by atoms with Gasteiger partial charge in [0.25, 0.3) is 0 Å². The van der Waals surface area contributed by atoms with Gasteiger partial charge in [0.15, 0.2) is 0 Å². The van der Waals surface area contributed by atoms with Crippen LogP contribution >= 0.6 is 0 Å². The number of pyridine rings is 1. The van der Waals surface area contributed by atoms with Gasteiger partial charge in [-0.15, -0.1) is 0 Å². The molecule has 15 heavy (non-hydrogen) atoms. The minimum absolute atomic E-state index is 0.939. The van der Waals surface area contributed by atoms with Gasteiger partial charge in [0.2, 0.25) is 0 Å². The van der Waals surface area contributed by atoms with Gasteiger partial charge < -0.3 is 5.32 Å². The van der Waals surface area contributed by atoms with Crippen molar-refractivity contribution in [3.63, 3.8) is 0 Å². The van der Waals surface area contributed by atoms with Gasteiger partial charge in [0.05, 0.1) is 5.52 Å². The van der Waals surface area contributed by atoms with Gasteiger partial charge in [-0.1, -0.05) is 12.1 Å². The zero-order chi connectivity index (χ0) is 11.0. The molecule has 0 saturated carbocycles. The van der Waals surface area contributed by atoms with Gasteiger partial charge in [-0.05, 0) is 43.5 Å². The molecule has 2 aromatic rings. The van der Waals surface area contributed by atoms with Crippen LogP contribution in [-0.4, -0.2) is 12.0 Å². The lowest BCUT2D eigenvalue weighted by molar-refractivity contribution is 1.29. The molecule has 0 aliphatic rings. The monoisotopic (exact) mass is 200 g/mol. The van der Waals surface area contributed by atoms with E-state index in [4.69, 9.17) is 0 Å². The van der Waals surface area contributed by atoms with E-state index in [1.807, 2.05) is 7.05 Å². The van der Waals surface area contributed by atoms with E-state index in [0.29, 0.717) is 0 Å². The van der Waals surface area contributed by atoms with Crippen molar-refractivity contribution >= 4 is 16.7 Å². The maximum absolute atomic E-state index is 4.60. The summed E-state index contributed by atoms with van der Waals surface area (Å²) in [6.07, 6.45) is 0. The van der Waals surface area contributed by atoms with Crippen LogP contribution in [0.25, 0.3) is 10.9 Å². The summed E-state index contributed by atoms with van der Waals surface area (Å²) in [6, 6.07) is 6.38. The molecular formula is C13H16N2. The predicted octanol–water partition coefficient (Wildman–Crippen LogP) is 3.20. The fourth-order valence-corrected chi connectivity index (χ4v) is 2.00. The molecule has 0 radical (unpaired) electrons. The van der Waals surface area contributed by atoms with E-state index in [0.717, 1.165) is 11.3 Å². The fraction of sp³-hybridized carbons (Fsp3) is 0.308. The Hall–Kier alpha value is -1.57. The SMILES string of the molecule is CNc1cc(C)c2c(C)ccc(C)c2n1. The van der Waals surface area contributed by atoms with Gasteiger partial charge >= 0.3 is 0 Å². The summed E-state index contributed by atoms with van der Waals surface area (Å²) in [5.41, 5.74) is 4.92. The van der Waals surface area contributed by atoms with Crippen LogP contribution in [0.1, 0.15) is 16.7 Å². The number of aromatic nitrogens is 1. The van der Waals surface area contributed by atoms with Crippen molar-refractivity contribution in [2.24, 2.45) is 0 Å². The van der Waals surface area contributed by atoms with E-state index < -0.39 is 0 Å². The topological polar surface area (TPSA) is 24.9 Å². The number of nitrogens with one attached hydrogen (secondary N) is 1. The molecule has 1 heterocycles. The average molecular weight is 200 g/mol. The number of fused-ring (bicyclic) bond motifs is 1. The smallest absolute Gasteiger partial charge is 0.126 e. The van der Waals surface area contributed by atoms with Gasteiger partial charge in [-0.25, -0.2) is 4.98 Å². The molecule has 1 N–H and O–H groups in total. The first-order chi connectivity index (χ1) is 7.13. The molecule has 1 aromatic heterocycles. The minimum atomic E-state index is 0.939. The van der Waals surface area contributed by atoms with E-state index in [9.17, 15) is 0 Å². The summed E-state index contributed by atoms with van der Waals surface area (Å²) in [4.78, 5) is 4.60. The number of aryl methyl sites for hydroxylation is 3. The summed E-state index contributed by atoms with van der Waals surface area (Å²) >= 11 is 0. The minimum Gasteiger partial charge on any atom is -0.373 e. The highest BCUT2D eigenvalue weighted by Gasteiger charge is 2.06. The second-order valence-corrected chi connectivity index (χ2v) is 4.00. The van der Waals surface area contributed by atoms with Crippen molar-refractivity contribution in [3.05, 3.63) is 34.9 Å². The van der Waals surface area contributed by atoms with Crippen molar-refractivity contribution in [1.82, 2.24) is 4.98 Å². The number of nitrogens with zero attached hydrogens (tertiary/aromatic N) is 1. The Morgan fingerprint density at radius 1 is 1.00 bits per heavy atom. The number of hydrogen-bond donors (Lipinski definition) is 1. The van der Waals surface area contributed by atoms with Crippen LogP contribution in [0.4, 0.5) is 5.82 Å². The number of anilines is 1. The van der Waals surface area contributed by atoms with Gasteiger partial charge in [-0.2, -0.15) is 0 Å². The molecule has 2 heteroatoms. The van der Waals surface area contributed by atoms with E-state index >= 15 is 0 Å². The molecule has 78 valence electrons. The summed E-state index contributed by atoms with van der Waals surface area (Å²) in [6.45, 7) is 6.38. The Morgan fingerprint density at radius 3 is 2.33 bits per heavy atom. The molecule has 0 aliphatic carbocycles. The standard InChI is InChI=1S/C13H16N2/c1-8-5-6-9(2)13-12(8)10(3)7-11(14-4)15-13/h5-7H,1-4H3,(H,14,15). The first-order valence-electron chi connectivity index (χ1n) is 5.19. The highest BCUT2D eigenvalue weighted by Crippen LogP contribution is 2.25. The molecule has 0 fully saturated rings. The second kappa shape index (κ2) is 3.54. The quantitative estimate of drug-likeness (QED) is 0.764.